The van der Waals surface area contributed by atoms with Crippen LogP contribution in [0, 0.1) is 5.41 Å². The van der Waals surface area contributed by atoms with Crippen LogP contribution in [0.2, 0.25) is 0 Å². The number of alkyl halides is 3. The number of piperidine rings is 1. The first kappa shape index (κ1) is 31.5. The van der Waals surface area contributed by atoms with Crippen molar-refractivity contribution in [3.8, 4) is 0 Å². The number of carboxylic acids is 1. The topological polar surface area (TPSA) is 102 Å². The van der Waals surface area contributed by atoms with Gasteiger partial charge in [0.2, 0.25) is 5.91 Å². The summed E-state index contributed by atoms with van der Waals surface area (Å²) >= 11 is 0. The van der Waals surface area contributed by atoms with Crippen LogP contribution in [0.1, 0.15) is 29.5 Å². The second-order valence-corrected chi connectivity index (χ2v) is 10.6. The number of rotatable bonds is 8. The molecule has 2 aromatic rings. The van der Waals surface area contributed by atoms with Crippen molar-refractivity contribution in [1.82, 2.24) is 20.0 Å². The summed E-state index contributed by atoms with van der Waals surface area (Å²) in [5.74, 6) is -2.65. The highest BCUT2D eigenvalue weighted by Crippen LogP contribution is 2.31. The average molecular weight is 564 g/mol. The Labute approximate surface area is 233 Å². The van der Waals surface area contributed by atoms with E-state index in [0.717, 1.165) is 70.8 Å². The molecular formula is C29H40F3N5O3. The molecule has 0 radical (unpaired) electrons. The zero-order valence-corrected chi connectivity index (χ0v) is 23.0. The van der Waals surface area contributed by atoms with Gasteiger partial charge in [-0.1, -0.05) is 54.6 Å². The molecular weight excluding hydrogens is 523 g/mol. The van der Waals surface area contributed by atoms with E-state index in [1.807, 2.05) is 6.07 Å². The number of nitrogens with zero attached hydrogens (tertiary/aromatic N) is 3. The minimum atomic E-state index is -5.08. The van der Waals surface area contributed by atoms with E-state index in [4.69, 9.17) is 15.6 Å². The lowest BCUT2D eigenvalue weighted by Gasteiger charge is -2.40. The second kappa shape index (κ2) is 14.6. The van der Waals surface area contributed by atoms with Gasteiger partial charge in [-0.15, -0.1) is 0 Å². The fraction of sp³-hybridized carbons (Fsp3) is 0.517. The number of aliphatic carboxylic acids is 1. The van der Waals surface area contributed by atoms with Crippen molar-refractivity contribution in [2.24, 2.45) is 11.1 Å². The molecule has 2 saturated heterocycles. The minimum absolute atomic E-state index is 0.105. The summed E-state index contributed by atoms with van der Waals surface area (Å²) in [6.07, 6.45) is -3.46. The van der Waals surface area contributed by atoms with Gasteiger partial charge in [-0.3, -0.25) is 14.6 Å². The van der Waals surface area contributed by atoms with Crippen LogP contribution in [0.4, 0.5) is 13.2 Å². The van der Waals surface area contributed by atoms with Crippen molar-refractivity contribution in [2.75, 3.05) is 52.9 Å². The maximum absolute atomic E-state index is 13.2. The van der Waals surface area contributed by atoms with Gasteiger partial charge >= 0.3 is 12.1 Å². The Balaban J connectivity index is 0.000000559. The highest BCUT2D eigenvalue weighted by molar-refractivity contribution is 5.83. The molecule has 2 aromatic carbocycles. The Morgan fingerprint density at radius 1 is 0.875 bits per heavy atom. The normalized spacial score (nSPS) is 18.4. The van der Waals surface area contributed by atoms with Gasteiger partial charge in [0.05, 0.1) is 5.41 Å². The quantitative estimate of drug-likeness (QED) is 0.454. The van der Waals surface area contributed by atoms with Gasteiger partial charge in [-0.05, 0) is 49.7 Å². The van der Waals surface area contributed by atoms with Crippen LogP contribution in [0.15, 0.2) is 54.6 Å². The third kappa shape index (κ3) is 9.58. The first-order valence-corrected chi connectivity index (χ1v) is 13.5. The molecule has 2 aliphatic heterocycles. The molecule has 2 aliphatic rings. The number of benzene rings is 2. The molecule has 0 spiro atoms. The molecule has 8 nitrogen and oxygen atoms in total. The van der Waals surface area contributed by atoms with Crippen LogP contribution in [0.5, 0.6) is 0 Å². The fourth-order valence-electron chi connectivity index (χ4n) is 4.98. The van der Waals surface area contributed by atoms with E-state index in [-0.39, 0.29) is 5.91 Å². The summed E-state index contributed by atoms with van der Waals surface area (Å²) in [6, 6.07) is 19.2. The molecule has 0 saturated carbocycles. The van der Waals surface area contributed by atoms with Crippen LogP contribution < -0.4 is 11.1 Å². The van der Waals surface area contributed by atoms with Crippen LogP contribution in [0.25, 0.3) is 0 Å². The number of likely N-dealkylation sites (N-methyl/N-ethyl adjacent to an activating group) is 1. The Bertz CT molecular complexity index is 1080. The largest absolute Gasteiger partial charge is 0.490 e. The molecule has 4 rings (SSSR count). The molecule has 0 unspecified atom stereocenters. The van der Waals surface area contributed by atoms with Crippen LogP contribution in [-0.4, -0.2) is 90.7 Å². The van der Waals surface area contributed by atoms with E-state index >= 15 is 0 Å². The lowest BCUT2D eigenvalue weighted by atomic mass is 9.77. The van der Waals surface area contributed by atoms with E-state index in [9.17, 15) is 18.0 Å². The Hall–Kier alpha value is -2.99. The number of amides is 1. The highest BCUT2D eigenvalue weighted by Gasteiger charge is 2.40. The lowest BCUT2D eigenvalue weighted by molar-refractivity contribution is -0.192. The summed E-state index contributed by atoms with van der Waals surface area (Å²) in [6.45, 7) is 9.14. The van der Waals surface area contributed by atoms with Crippen molar-refractivity contribution in [1.29, 1.82) is 0 Å². The van der Waals surface area contributed by atoms with Gasteiger partial charge < -0.3 is 21.1 Å². The summed E-state index contributed by atoms with van der Waals surface area (Å²) in [5, 5.41) is 10.3. The van der Waals surface area contributed by atoms with Crippen molar-refractivity contribution in [3.63, 3.8) is 0 Å². The van der Waals surface area contributed by atoms with E-state index in [1.165, 1.54) is 11.1 Å². The van der Waals surface area contributed by atoms with Gasteiger partial charge in [0.25, 0.3) is 0 Å². The second-order valence-electron chi connectivity index (χ2n) is 10.6. The molecule has 2 heterocycles. The number of carbonyl (C=O) groups is 2. The van der Waals surface area contributed by atoms with E-state index in [0.29, 0.717) is 13.1 Å². The maximum Gasteiger partial charge on any atom is 0.490 e. The summed E-state index contributed by atoms with van der Waals surface area (Å²) < 4.78 is 31.7. The molecule has 0 aliphatic carbocycles. The molecule has 1 amide bonds. The van der Waals surface area contributed by atoms with Gasteiger partial charge in [-0.2, -0.15) is 13.2 Å². The molecule has 11 heteroatoms. The number of nitrogens with two attached hydrogens (primary N) is 1. The Morgan fingerprint density at radius 3 is 1.98 bits per heavy atom. The Morgan fingerprint density at radius 2 is 1.40 bits per heavy atom. The number of likely N-dealkylation sites (tertiary alicyclic amines) is 1. The van der Waals surface area contributed by atoms with Gasteiger partial charge in [-0.25, -0.2) is 4.79 Å². The lowest BCUT2D eigenvalue weighted by Crippen LogP contribution is -2.52. The number of piperazine rings is 1. The molecule has 220 valence electrons. The number of nitrogens with one attached hydrogen (secondary N) is 1. The van der Waals surface area contributed by atoms with Crippen LogP contribution in [-0.2, 0) is 29.2 Å². The van der Waals surface area contributed by atoms with Gasteiger partial charge in [0, 0.05) is 52.4 Å². The predicted molar refractivity (Wildman–Crippen MR) is 147 cm³/mol. The standard InChI is InChI=1S/C27H39N5O.C2HF3O2/c1-30-14-16-32(17-15-30)21-25-9-5-8-24(18-25)19-29-26(33)27(22-28)10-12-31(13-11-27)20-23-6-3-2-4-7-23;3-2(4,5)1(6)7/h2-9,18H,10-17,19-22,28H2,1H3,(H,29,33);(H,6,7). The summed E-state index contributed by atoms with van der Waals surface area (Å²) in [7, 11) is 2.18. The van der Waals surface area contributed by atoms with E-state index < -0.39 is 17.6 Å². The number of carboxylic acid groups (broad SMARTS) is 1. The highest BCUT2D eigenvalue weighted by atomic mass is 19.4. The summed E-state index contributed by atoms with van der Waals surface area (Å²) in [5.41, 5.74) is 9.49. The van der Waals surface area contributed by atoms with Crippen molar-refractivity contribution < 1.29 is 27.9 Å². The molecule has 2 fully saturated rings. The van der Waals surface area contributed by atoms with Crippen molar-refractivity contribution in [3.05, 3.63) is 71.3 Å². The Kier molecular flexibility index (Phi) is 11.5. The first-order valence-electron chi connectivity index (χ1n) is 13.5. The number of hydrogen-bond donors (Lipinski definition) is 3. The van der Waals surface area contributed by atoms with E-state index in [1.54, 1.807) is 0 Å². The van der Waals surface area contributed by atoms with Crippen molar-refractivity contribution in [2.45, 2.75) is 38.7 Å². The molecule has 0 atom stereocenters. The maximum atomic E-state index is 13.2. The first-order chi connectivity index (χ1) is 19.0. The average Bonchev–Trinajstić information content (AvgIpc) is 2.94. The number of carbonyl (C=O) groups excluding carboxylic acids is 1. The smallest absolute Gasteiger partial charge is 0.475 e. The van der Waals surface area contributed by atoms with E-state index in [2.05, 4.69) is 75.6 Å². The molecule has 0 bridgehead atoms. The third-order valence-corrected chi connectivity index (χ3v) is 7.62. The molecule has 40 heavy (non-hydrogen) atoms. The monoisotopic (exact) mass is 563 g/mol. The number of hydrogen-bond acceptors (Lipinski definition) is 6. The van der Waals surface area contributed by atoms with Crippen LogP contribution in [0.3, 0.4) is 0 Å². The zero-order chi connectivity index (χ0) is 29.2. The minimum Gasteiger partial charge on any atom is -0.475 e. The zero-order valence-electron chi connectivity index (χ0n) is 23.0. The molecule has 4 N–H and O–H groups in total. The van der Waals surface area contributed by atoms with Gasteiger partial charge in [0.15, 0.2) is 0 Å². The predicted octanol–water partition coefficient (Wildman–Crippen LogP) is 2.92. The summed E-state index contributed by atoms with van der Waals surface area (Å²) in [4.78, 5) is 29.4. The molecule has 0 aromatic heterocycles. The SMILES string of the molecule is CN1CCN(Cc2cccc(CNC(=O)C3(CN)CCN(Cc4ccccc4)CC3)c2)CC1.O=C(O)C(F)(F)F. The van der Waals surface area contributed by atoms with Crippen LogP contribution >= 0.6 is 0 Å². The third-order valence-electron chi connectivity index (χ3n) is 7.62. The number of halogens is 3. The fourth-order valence-corrected chi connectivity index (χ4v) is 4.98. The van der Waals surface area contributed by atoms with Gasteiger partial charge in [0.1, 0.15) is 0 Å². The van der Waals surface area contributed by atoms with Crippen molar-refractivity contribution >= 4 is 11.9 Å².